The zero-order valence-corrected chi connectivity index (χ0v) is 16.8. The maximum atomic E-state index is 12.5. The fourth-order valence-corrected chi connectivity index (χ4v) is 3.90. The molecule has 1 saturated heterocycles. The van der Waals surface area contributed by atoms with Gasteiger partial charge in [0.2, 0.25) is 0 Å². The molecule has 0 radical (unpaired) electrons. The fourth-order valence-electron chi connectivity index (χ4n) is 3.53. The van der Waals surface area contributed by atoms with Gasteiger partial charge in [0.15, 0.2) is 6.54 Å². The Morgan fingerprint density at radius 1 is 1.21 bits per heavy atom. The number of nitrogens with one attached hydrogen (secondary N) is 2. The van der Waals surface area contributed by atoms with Crippen molar-refractivity contribution in [1.82, 2.24) is 0 Å². The largest absolute Gasteiger partial charge is 0.360 e. The van der Waals surface area contributed by atoms with E-state index in [1.165, 1.54) is 17.0 Å². The second kappa shape index (κ2) is 8.58. The molecule has 1 aliphatic rings. The summed E-state index contributed by atoms with van der Waals surface area (Å²) >= 11 is 6.27. The van der Waals surface area contributed by atoms with E-state index in [4.69, 9.17) is 11.6 Å². The van der Waals surface area contributed by atoms with Crippen molar-refractivity contribution < 1.29 is 14.6 Å². The van der Waals surface area contributed by atoms with Gasteiger partial charge in [-0.25, -0.2) is 0 Å². The van der Waals surface area contributed by atoms with Crippen LogP contribution in [0.3, 0.4) is 0 Å². The van der Waals surface area contributed by atoms with Crippen LogP contribution in [0, 0.1) is 24.0 Å². The van der Waals surface area contributed by atoms with E-state index in [0.717, 1.165) is 43.0 Å². The number of aryl methyl sites for hydroxylation is 2. The zero-order chi connectivity index (χ0) is 20.3. The Balaban J connectivity index is 1.53. The minimum Gasteiger partial charge on any atom is -0.360 e. The third kappa shape index (κ3) is 4.79. The van der Waals surface area contributed by atoms with E-state index in [0.29, 0.717) is 17.3 Å². The van der Waals surface area contributed by atoms with Crippen molar-refractivity contribution in [3.8, 4) is 0 Å². The molecule has 3 rings (SSSR count). The van der Waals surface area contributed by atoms with Crippen molar-refractivity contribution in [2.75, 3.05) is 42.9 Å². The molecule has 0 bridgehead atoms. The summed E-state index contributed by atoms with van der Waals surface area (Å²) in [4.78, 5) is 26.2. The molecule has 1 heterocycles. The molecule has 1 aliphatic heterocycles. The summed E-state index contributed by atoms with van der Waals surface area (Å²) < 4.78 is 0. The lowest BCUT2D eigenvalue weighted by atomic mass is 10.1. The maximum absolute atomic E-state index is 12.5. The highest BCUT2D eigenvalue weighted by molar-refractivity contribution is 6.34. The highest BCUT2D eigenvalue weighted by Crippen LogP contribution is 2.27. The fraction of sp³-hybridized carbons (Fsp3) is 0.350. The Bertz CT molecular complexity index is 855. The Hall–Kier alpha value is -2.64. The first kappa shape index (κ1) is 20.1. The van der Waals surface area contributed by atoms with E-state index in [1.54, 1.807) is 12.1 Å². The van der Waals surface area contributed by atoms with Gasteiger partial charge in [0.1, 0.15) is 0 Å². The summed E-state index contributed by atoms with van der Waals surface area (Å²) in [5.74, 6) is -0.0485. The number of piperazine rings is 1. The normalized spacial score (nSPS) is 14.8. The smallest absolute Gasteiger partial charge is 0.279 e. The first-order valence-electron chi connectivity index (χ1n) is 9.23. The number of quaternary nitrogens is 1. The second-order valence-electron chi connectivity index (χ2n) is 7.17. The molecule has 1 fully saturated rings. The lowest BCUT2D eigenvalue weighted by Crippen LogP contribution is -3.15. The van der Waals surface area contributed by atoms with Crippen molar-refractivity contribution in [3.05, 3.63) is 62.7 Å². The molecule has 8 heteroatoms. The summed E-state index contributed by atoms with van der Waals surface area (Å²) in [5, 5.41) is 14.3. The van der Waals surface area contributed by atoms with Crippen LogP contribution in [0.5, 0.6) is 0 Å². The minimum absolute atomic E-state index is 0.0485. The minimum atomic E-state index is -0.396. The first-order valence-corrected chi connectivity index (χ1v) is 9.61. The summed E-state index contributed by atoms with van der Waals surface area (Å²) in [5.41, 5.74) is 3.76. The van der Waals surface area contributed by atoms with E-state index in [9.17, 15) is 14.9 Å². The molecule has 1 amide bonds. The summed E-state index contributed by atoms with van der Waals surface area (Å²) in [7, 11) is 0. The molecule has 2 aromatic rings. The Morgan fingerprint density at radius 3 is 2.43 bits per heavy atom. The van der Waals surface area contributed by atoms with Gasteiger partial charge in [0.25, 0.3) is 11.6 Å². The highest BCUT2D eigenvalue weighted by atomic mass is 35.5. The van der Waals surface area contributed by atoms with Crippen molar-refractivity contribution in [2.45, 2.75) is 13.8 Å². The van der Waals surface area contributed by atoms with Gasteiger partial charge in [-0.2, -0.15) is 0 Å². The van der Waals surface area contributed by atoms with Crippen LogP contribution in [-0.4, -0.2) is 43.6 Å². The van der Waals surface area contributed by atoms with Crippen molar-refractivity contribution in [2.24, 2.45) is 0 Å². The van der Waals surface area contributed by atoms with Crippen LogP contribution < -0.4 is 15.1 Å². The third-order valence-electron chi connectivity index (χ3n) is 5.00. The number of nitrogens with zero attached hydrogens (tertiary/aromatic N) is 2. The van der Waals surface area contributed by atoms with Crippen LogP contribution in [0.2, 0.25) is 5.02 Å². The van der Waals surface area contributed by atoms with E-state index >= 15 is 0 Å². The number of nitro benzene ring substituents is 1. The topological polar surface area (TPSA) is 79.9 Å². The quantitative estimate of drug-likeness (QED) is 0.592. The zero-order valence-electron chi connectivity index (χ0n) is 16.0. The van der Waals surface area contributed by atoms with Crippen LogP contribution in [0.1, 0.15) is 11.1 Å². The number of anilines is 2. The number of carbonyl (C=O) groups is 1. The average molecular weight is 404 g/mol. The second-order valence-corrected chi connectivity index (χ2v) is 7.58. The van der Waals surface area contributed by atoms with Crippen LogP contribution in [0.25, 0.3) is 0 Å². The molecule has 28 heavy (non-hydrogen) atoms. The third-order valence-corrected chi connectivity index (χ3v) is 5.30. The molecule has 0 saturated carbocycles. The van der Waals surface area contributed by atoms with Crippen LogP contribution >= 0.6 is 11.6 Å². The van der Waals surface area contributed by atoms with Gasteiger partial charge >= 0.3 is 0 Å². The van der Waals surface area contributed by atoms with Gasteiger partial charge in [-0.15, -0.1) is 0 Å². The molecule has 0 unspecified atom stereocenters. The van der Waals surface area contributed by atoms with Crippen molar-refractivity contribution in [1.29, 1.82) is 0 Å². The van der Waals surface area contributed by atoms with Crippen LogP contribution in [0.15, 0.2) is 36.4 Å². The Morgan fingerprint density at radius 2 is 1.86 bits per heavy atom. The molecule has 2 N–H and O–H groups in total. The van der Waals surface area contributed by atoms with Gasteiger partial charge < -0.3 is 15.1 Å². The number of rotatable bonds is 5. The molecular weight excluding hydrogens is 380 g/mol. The number of benzene rings is 2. The van der Waals surface area contributed by atoms with E-state index < -0.39 is 4.92 Å². The summed E-state index contributed by atoms with van der Waals surface area (Å²) in [6, 6.07) is 10.4. The van der Waals surface area contributed by atoms with E-state index in [1.807, 2.05) is 26.0 Å². The molecule has 7 nitrogen and oxygen atoms in total. The van der Waals surface area contributed by atoms with Crippen molar-refractivity contribution in [3.63, 3.8) is 0 Å². The van der Waals surface area contributed by atoms with Crippen LogP contribution in [-0.2, 0) is 4.79 Å². The predicted octanol–water partition coefficient (Wildman–Crippen LogP) is 2.21. The number of non-ortho nitro benzene ring substituents is 1. The number of amides is 1. The number of halogens is 1. The molecule has 0 spiro atoms. The number of hydrogen-bond acceptors (Lipinski definition) is 4. The van der Waals surface area contributed by atoms with E-state index in [2.05, 4.69) is 10.2 Å². The van der Waals surface area contributed by atoms with Gasteiger partial charge in [0.05, 0.1) is 41.8 Å². The number of hydrogen-bond donors (Lipinski definition) is 2. The SMILES string of the molecule is Cc1cc(C)c(NC(=O)C[NH+]2CCN(c3ccc([N+](=O)[O-])cc3)CC2)c(Cl)c1. The van der Waals surface area contributed by atoms with Gasteiger partial charge in [-0.05, 0) is 43.2 Å². The predicted molar refractivity (Wildman–Crippen MR) is 110 cm³/mol. The molecule has 2 aromatic carbocycles. The van der Waals surface area contributed by atoms with Gasteiger partial charge in [0, 0.05) is 17.8 Å². The lowest BCUT2D eigenvalue weighted by Gasteiger charge is -2.33. The monoisotopic (exact) mass is 403 g/mol. The summed E-state index contributed by atoms with van der Waals surface area (Å²) in [6.45, 7) is 7.53. The van der Waals surface area contributed by atoms with E-state index in [-0.39, 0.29) is 11.6 Å². The molecular formula is C20H24ClN4O3+. The Labute approximate surface area is 169 Å². The molecule has 0 aliphatic carbocycles. The van der Waals surface area contributed by atoms with Crippen molar-refractivity contribution >= 4 is 34.6 Å². The first-order chi connectivity index (χ1) is 13.3. The molecule has 148 valence electrons. The molecule has 0 aromatic heterocycles. The van der Waals surface area contributed by atoms with Crippen LogP contribution in [0.4, 0.5) is 17.1 Å². The molecule has 0 atom stereocenters. The lowest BCUT2D eigenvalue weighted by molar-refractivity contribution is -0.892. The van der Waals surface area contributed by atoms with Gasteiger partial charge in [-0.1, -0.05) is 17.7 Å². The average Bonchev–Trinajstić information content (AvgIpc) is 2.65. The Kier molecular flexibility index (Phi) is 6.16. The maximum Gasteiger partial charge on any atom is 0.279 e. The number of carbonyl (C=O) groups excluding carboxylic acids is 1. The van der Waals surface area contributed by atoms with Gasteiger partial charge in [-0.3, -0.25) is 14.9 Å². The standard InChI is InChI=1S/C20H23ClN4O3/c1-14-11-15(2)20(18(21)12-14)22-19(26)13-23-7-9-24(10-8-23)16-3-5-17(6-4-16)25(27)28/h3-6,11-12H,7-10,13H2,1-2H3,(H,22,26)/p+1. The highest BCUT2D eigenvalue weighted by Gasteiger charge is 2.23. The number of nitro groups is 1. The summed E-state index contributed by atoms with van der Waals surface area (Å²) in [6.07, 6.45) is 0.